The van der Waals surface area contributed by atoms with Crippen molar-refractivity contribution >= 4 is 39.5 Å². The van der Waals surface area contributed by atoms with Crippen molar-refractivity contribution in [2.45, 2.75) is 534 Å². The van der Waals surface area contributed by atoms with E-state index in [-0.39, 0.29) is 25.7 Å². The first kappa shape index (κ1) is 111. The van der Waals surface area contributed by atoms with Crippen molar-refractivity contribution in [2.75, 3.05) is 39.6 Å². The Balaban J connectivity index is 5.24. The highest BCUT2D eigenvalue weighted by atomic mass is 31.2. The summed E-state index contributed by atoms with van der Waals surface area (Å²) < 4.78 is 69.2. The van der Waals surface area contributed by atoms with Crippen molar-refractivity contribution in [1.29, 1.82) is 0 Å². The van der Waals surface area contributed by atoms with Gasteiger partial charge in [-0.3, -0.25) is 37.3 Å². The number of phosphoric acid groups is 2. The second-order valence-electron chi connectivity index (χ2n) is 34.0. The SMILES string of the molecule is CCCCCCCCCCCCCCCCCCCCCCCC(=O)OC[C@H](COP(=O)(O)OC[C@@H](O)COP(=O)(O)OC[C@@H](COC(=O)CCCCCCCCCCC(C)CC)OC(=O)CCCCCCCCCCCCCCCCCCCCC)OC(=O)CCCCCCCCCCCCCCCCCCCCCCC. The van der Waals surface area contributed by atoms with Crippen LogP contribution in [0.2, 0.25) is 0 Å². The van der Waals surface area contributed by atoms with Crippen LogP contribution in [0, 0.1) is 5.92 Å². The molecule has 0 aliphatic rings. The smallest absolute Gasteiger partial charge is 0.462 e. The molecule has 672 valence electrons. The number of rotatable bonds is 94. The molecule has 0 radical (unpaired) electrons. The predicted octanol–water partition coefficient (Wildman–Crippen LogP) is 29.5. The molecule has 6 atom stereocenters. The summed E-state index contributed by atoms with van der Waals surface area (Å²) in [5.41, 5.74) is 0. The van der Waals surface area contributed by atoms with Gasteiger partial charge in [-0.25, -0.2) is 9.13 Å². The molecule has 0 fully saturated rings. The number of carbonyl (C=O) groups is 4. The number of carbonyl (C=O) groups excluding carboxylic acids is 4. The zero-order valence-electron chi connectivity index (χ0n) is 74.5. The van der Waals surface area contributed by atoms with Crippen LogP contribution in [0.1, 0.15) is 516 Å². The Bertz CT molecular complexity index is 2140. The van der Waals surface area contributed by atoms with Crippen LogP contribution in [0.4, 0.5) is 0 Å². The van der Waals surface area contributed by atoms with Gasteiger partial charge in [0, 0.05) is 25.7 Å². The number of phosphoric ester groups is 2. The quantitative estimate of drug-likeness (QED) is 0.0222. The Hall–Kier alpha value is -1.94. The van der Waals surface area contributed by atoms with Crippen LogP contribution in [0.3, 0.4) is 0 Å². The topological polar surface area (TPSA) is 237 Å². The Morgan fingerprint density at radius 1 is 0.248 bits per heavy atom. The van der Waals surface area contributed by atoms with Crippen molar-refractivity contribution in [1.82, 2.24) is 0 Å². The third kappa shape index (κ3) is 86.3. The fourth-order valence-electron chi connectivity index (χ4n) is 14.9. The lowest BCUT2D eigenvalue weighted by Crippen LogP contribution is -2.30. The molecule has 0 saturated carbocycles. The molecule has 19 heteroatoms. The molecule has 0 aromatic heterocycles. The molecule has 0 amide bonds. The van der Waals surface area contributed by atoms with Gasteiger partial charge in [-0.1, -0.05) is 465 Å². The third-order valence-corrected chi connectivity index (χ3v) is 24.5. The molecule has 0 rings (SSSR count). The maximum Gasteiger partial charge on any atom is 0.472 e. The normalized spacial score (nSPS) is 13.9. The van der Waals surface area contributed by atoms with Gasteiger partial charge in [-0.15, -0.1) is 0 Å². The molecule has 0 aromatic carbocycles. The minimum absolute atomic E-state index is 0.109. The van der Waals surface area contributed by atoms with E-state index < -0.39 is 97.5 Å². The van der Waals surface area contributed by atoms with E-state index in [4.69, 9.17) is 37.0 Å². The average molecular weight is 1650 g/mol. The standard InChI is InChI=1S/C94H184O17P2/c1-6-10-13-16-19-22-25-28-31-34-37-39-42-44-47-50-53-56-62-67-72-77-91(96)104-83-89(110-93(98)79-74-70-65-58-55-52-49-46-43-40-38-35-32-29-26-23-20-17-14-11-7-2)85-108-112(100,101)106-81-88(95)82-107-113(102,103)109-86-90(84-105-92(97)78-73-68-63-60-59-61-66-71-76-87(5)9-4)111-94(99)80-75-69-64-57-54-51-48-45-41-36-33-30-27-24-21-18-15-12-8-3/h87-90,95H,6-86H2,1-5H3,(H,100,101)(H,102,103)/t87?,88-,89-,90-/m1/s1. The van der Waals surface area contributed by atoms with Crippen LogP contribution >= 0.6 is 15.6 Å². The lowest BCUT2D eigenvalue weighted by atomic mass is 9.99. The number of aliphatic hydroxyl groups excluding tert-OH is 1. The minimum Gasteiger partial charge on any atom is -0.462 e. The first-order valence-electron chi connectivity index (χ1n) is 48.7. The van der Waals surface area contributed by atoms with Crippen molar-refractivity contribution < 1.29 is 80.2 Å². The van der Waals surface area contributed by atoms with Gasteiger partial charge in [-0.05, 0) is 31.6 Å². The molecule has 0 aliphatic heterocycles. The average Bonchev–Trinajstić information content (AvgIpc) is 0.897. The second-order valence-corrected chi connectivity index (χ2v) is 36.9. The fourth-order valence-corrected chi connectivity index (χ4v) is 16.4. The van der Waals surface area contributed by atoms with Gasteiger partial charge in [0.2, 0.25) is 0 Å². The predicted molar refractivity (Wildman–Crippen MR) is 469 cm³/mol. The zero-order valence-corrected chi connectivity index (χ0v) is 76.3. The van der Waals surface area contributed by atoms with Crippen LogP contribution in [0.25, 0.3) is 0 Å². The summed E-state index contributed by atoms with van der Waals surface area (Å²) in [4.78, 5) is 73.5. The monoisotopic (exact) mass is 1650 g/mol. The second kappa shape index (κ2) is 86.4. The van der Waals surface area contributed by atoms with Crippen LogP contribution in [0.5, 0.6) is 0 Å². The molecule has 3 unspecified atom stereocenters. The molecule has 3 N–H and O–H groups in total. The number of ether oxygens (including phenoxy) is 4. The van der Waals surface area contributed by atoms with Crippen molar-refractivity contribution in [3.63, 3.8) is 0 Å². The molecular weight excluding hydrogens is 1460 g/mol. The number of hydrogen-bond donors (Lipinski definition) is 3. The summed E-state index contributed by atoms with van der Waals surface area (Å²) in [6, 6.07) is 0. The maximum atomic E-state index is 13.2. The van der Waals surface area contributed by atoms with Crippen LogP contribution in [-0.4, -0.2) is 96.7 Å². The fraction of sp³-hybridized carbons (Fsp3) is 0.957. The molecule has 0 aromatic rings. The van der Waals surface area contributed by atoms with Crippen LogP contribution < -0.4 is 0 Å². The number of esters is 4. The molecule has 0 bridgehead atoms. The van der Waals surface area contributed by atoms with E-state index >= 15 is 0 Å². The van der Waals surface area contributed by atoms with Crippen molar-refractivity contribution in [2.24, 2.45) is 5.92 Å². The van der Waals surface area contributed by atoms with Gasteiger partial charge >= 0.3 is 39.5 Å². The summed E-state index contributed by atoms with van der Waals surface area (Å²) >= 11 is 0. The molecule has 113 heavy (non-hydrogen) atoms. The highest BCUT2D eigenvalue weighted by Crippen LogP contribution is 2.45. The number of hydrogen-bond acceptors (Lipinski definition) is 15. The molecule has 0 saturated heterocycles. The van der Waals surface area contributed by atoms with Gasteiger partial charge in [0.25, 0.3) is 0 Å². The Morgan fingerprint density at radius 2 is 0.425 bits per heavy atom. The Kier molecular flexibility index (Phi) is 85.0. The summed E-state index contributed by atoms with van der Waals surface area (Å²) in [5, 5.41) is 10.7. The van der Waals surface area contributed by atoms with E-state index in [1.54, 1.807) is 0 Å². The first-order valence-corrected chi connectivity index (χ1v) is 51.7. The van der Waals surface area contributed by atoms with Gasteiger partial charge in [0.1, 0.15) is 19.3 Å². The summed E-state index contributed by atoms with van der Waals surface area (Å²) in [5.74, 6) is -1.31. The van der Waals surface area contributed by atoms with E-state index in [2.05, 4.69) is 34.6 Å². The maximum absolute atomic E-state index is 13.2. The summed E-state index contributed by atoms with van der Waals surface area (Å²) in [7, 11) is -9.94. The van der Waals surface area contributed by atoms with E-state index in [0.29, 0.717) is 25.7 Å². The van der Waals surface area contributed by atoms with Gasteiger partial charge < -0.3 is 33.8 Å². The number of aliphatic hydroxyl groups is 1. The van der Waals surface area contributed by atoms with E-state index in [1.165, 1.54) is 340 Å². The highest BCUT2D eigenvalue weighted by molar-refractivity contribution is 7.47. The molecular formula is C94H184O17P2. The first-order chi connectivity index (χ1) is 55.1. The number of unbranched alkanes of at least 4 members (excludes halogenated alkanes) is 65. The Morgan fingerprint density at radius 3 is 0.628 bits per heavy atom. The van der Waals surface area contributed by atoms with E-state index in [9.17, 15) is 43.2 Å². The van der Waals surface area contributed by atoms with E-state index in [0.717, 1.165) is 95.8 Å². The van der Waals surface area contributed by atoms with E-state index in [1.807, 2.05) is 0 Å². The van der Waals surface area contributed by atoms with Crippen molar-refractivity contribution in [3.8, 4) is 0 Å². The summed E-state index contributed by atoms with van der Waals surface area (Å²) in [6.45, 7) is 7.41. The molecule has 0 aliphatic carbocycles. The van der Waals surface area contributed by atoms with Gasteiger partial charge in [-0.2, -0.15) is 0 Å². The van der Waals surface area contributed by atoms with Gasteiger partial charge in [0.15, 0.2) is 12.2 Å². The largest absolute Gasteiger partial charge is 0.472 e. The highest BCUT2D eigenvalue weighted by Gasteiger charge is 2.31. The lowest BCUT2D eigenvalue weighted by molar-refractivity contribution is -0.161. The zero-order chi connectivity index (χ0) is 82.6. The van der Waals surface area contributed by atoms with Crippen molar-refractivity contribution in [3.05, 3.63) is 0 Å². The minimum atomic E-state index is -4.97. The molecule has 0 heterocycles. The lowest BCUT2D eigenvalue weighted by Gasteiger charge is -2.21. The van der Waals surface area contributed by atoms with Gasteiger partial charge in [0.05, 0.1) is 26.4 Å². The molecule has 0 spiro atoms. The summed E-state index contributed by atoms with van der Waals surface area (Å²) in [6.07, 6.45) is 83.5. The van der Waals surface area contributed by atoms with Crippen LogP contribution in [0.15, 0.2) is 0 Å². The molecule has 17 nitrogen and oxygen atoms in total. The third-order valence-electron chi connectivity index (χ3n) is 22.6. The van der Waals surface area contributed by atoms with Crippen LogP contribution in [-0.2, 0) is 65.4 Å². The Labute approximate surface area is 696 Å².